The van der Waals surface area contributed by atoms with Gasteiger partial charge in [-0.3, -0.25) is 9.48 Å². The standard InChI is InChI=1S/C12H10F3N3O/c1-6-5-18(2)17-11(6)12(19)16-8-4-3-7(13)9(14)10(8)15/h3-5H,1-2H3,(H,16,19). The lowest BCUT2D eigenvalue weighted by Crippen LogP contribution is -2.15. The van der Waals surface area contributed by atoms with Gasteiger partial charge in [0.25, 0.3) is 5.91 Å². The third kappa shape index (κ3) is 2.44. The molecule has 1 amide bonds. The molecule has 0 bridgehead atoms. The third-order valence-corrected chi connectivity index (χ3v) is 2.51. The Labute approximate surface area is 106 Å². The van der Waals surface area contributed by atoms with E-state index in [9.17, 15) is 18.0 Å². The number of hydrogen-bond acceptors (Lipinski definition) is 2. The second-order valence-electron chi connectivity index (χ2n) is 4.01. The summed E-state index contributed by atoms with van der Waals surface area (Å²) in [7, 11) is 1.63. The normalized spacial score (nSPS) is 10.6. The van der Waals surface area contributed by atoms with Crippen LogP contribution in [0.5, 0.6) is 0 Å². The zero-order chi connectivity index (χ0) is 14.2. The third-order valence-electron chi connectivity index (χ3n) is 2.51. The second kappa shape index (κ2) is 4.75. The van der Waals surface area contributed by atoms with Crippen molar-refractivity contribution in [1.29, 1.82) is 0 Å². The summed E-state index contributed by atoms with van der Waals surface area (Å²) in [4.78, 5) is 11.8. The van der Waals surface area contributed by atoms with Gasteiger partial charge in [-0.1, -0.05) is 0 Å². The van der Waals surface area contributed by atoms with Crippen molar-refractivity contribution in [3.8, 4) is 0 Å². The predicted octanol–water partition coefficient (Wildman–Crippen LogP) is 2.40. The van der Waals surface area contributed by atoms with Crippen LogP contribution in [0.25, 0.3) is 0 Å². The van der Waals surface area contributed by atoms with Crippen LogP contribution in [0.15, 0.2) is 18.3 Å². The monoisotopic (exact) mass is 269 g/mol. The largest absolute Gasteiger partial charge is 0.318 e. The summed E-state index contributed by atoms with van der Waals surface area (Å²) in [6.45, 7) is 1.66. The Bertz CT molecular complexity index is 652. The van der Waals surface area contributed by atoms with E-state index in [-0.39, 0.29) is 5.69 Å². The summed E-state index contributed by atoms with van der Waals surface area (Å²) in [5.74, 6) is -5.08. The highest BCUT2D eigenvalue weighted by molar-refractivity contribution is 6.03. The van der Waals surface area contributed by atoms with Gasteiger partial charge in [-0.2, -0.15) is 5.10 Å². The molecule has 0 aliphatic heterocycles. The molecule has 0 aliphatic carbocycles. The number of aryl methyl sites for hydroxylation is 2. The maximum absolute atomic E-state index is 13.4. The first-order valence-corrected chi connectivity index (χ1v) is 5.35. The molecule has 19 heavy (non-hydrogen) atoms. The molecule has 1 N–H and O–H groups in total. The molecule has 7 heteroatoms. The lowest BCUT2D eigenvalue weighted by atomic mass is 10.2. The van der Waals surface area contributed by atoms with E-state index in [1.165, 1.54) is 4.68 Å². The van der Waals surface area contributed by atoms with Gasteiger partial charge in [-0.15, -0.1) is 0 Å². The van der Waals surface area contributed by atoms with Crippen molar-refractivity contribution >= 4 is 11.6 Å². The Morgan fingerprint density at radius 3 is 2.53 bits per heavy atom. The zero-order valence-corrected chi connectivity index (χ0v) is 10.2. The topological polar surface area (TPSA) is 46.9 Å². The van der Waals surface area contributed by atoms with Crippen molar-refractivity contribution in [2.24, 2.45) is 7.05 Å². The molecule has 0 fully saturated rings. The van der Waals surface area contributed by atoms with Gasteiger partial charge in [0.1, 0.15) is 0 Å². The number of amides is 1. The van der Waals surface area contributed by atoms with Crippen molar-refractivity contribution in [3.05, 3.63) is 47.0 Å². The molecule has 0 saturated carbocycles. The summed E-state index contributed by atoms with van der Waals surface area (Å²) in [6.07, 6.45) is 1.61. The van der Waals surface area contributed by atoms with Crippen molar-refractivity contribution in [2.45, 2.75) is 6.92 Å². The van der Waals surface area contributed by atoms with Crippen LogP contribution < -0.4 is 5.32 Å². The first-order chi connectivity index (χ1) is 8.90. The molecule has 0 spiro atoms. The average Bonchev–Trinajstić information content (AvgIpc) is 2.69. The summed E-state index contributed by atoms with van der Waals surface area (Å²) >= 11 is 0. The number of benzene rings is 1. The minimum absolute atomic E-state index is 0.0895. The molecule has 1 aromatic carbocycles. The van der Waals surface area contributed by atoms with Crippen molar-refractivity contribution < 1.29 is 18.0 Å². The molecule has 0 saturated heterocycles. The van der Waals surface area contributed by atoms with Crippen LogP contribution in [-0.4, -0.2) is 15.7 Å². The molecule has 0 aliphatic rings. The maximum Gasteiger partial charge on any atom is 0.276 e. The number of hydrogen-bond donors (Lipinski definition) is 1. The van der Waals surface area contributed by atoms with Gasteiger partial charge in [0.15, 0.2) is 23.1 Å². The van der Waals surface area contributed by atoms with Crippen LogP contribution in [0.3, 0.4) is 0 Å². The van der Waals surface area contributed by atoms with E-state index in [0.29, 0.717) is 5.56 Å². The number of rotatable bonds is 2. The van der Waals surface area contributed by atoms with E-state index in [1.807, 2.05) is 0 Å². The Kier molecular flexibility index (Phi) is 3.28. The molecule has 1 heterocycles. The number of nitrogens with one attached hydrogen (secondary N) is 1. The molecule has 100 valence electrons. The minimum Gasteiger partial charge on any atom is -0.318 e. The van der Waals surface area contributed by atoms with E-state index >= 15 is 0 Å². The van der Waals surface area contributed by atoms with Crippen molar-refractivity contribution in [2.75, 3.05) is 5.32 Å². The molecule has 0 radical (unpaired) electrons. The Morgan fingerprint density at radius 2 is 1.95 bits per heavy atom. The van der Waals surface area contributed by atoms with Crippen LogP contribution in [0.1, 0.15) is 16.1 Å². The molecule has 1 aromatic heterocycles. The molecular weight excluding hydrogens is 259 g/mol. The molecule has 2 aromatic rings. The number of anilines is 1. The highest BCUT2D eigenvalue weighted by Gasteiger charge is 2.18. The van der Waals surface area contributed by atoms with E-state index < -0.39 is 29.0 Å². The molecule has 0 unspecified atom stereocenters. The van der Waals surface area contributed by atoms with Gasteiger partial charge in [0.05, 0.1) is 5.69 Å². The summed E-state index contributed by atoms with van der Waals surface area (Å²) in [6, 6.07) is 1.68. The Balaban J connectivity index is 2.29. The number of aromatic nitrogens is 2. The maximum atomic E-state index is 13.4. The Hall–Kier alpha value is -2.31. The molecular formula is C12H10F3N3O. The molecule has 4 nitrogen and oxygen atoms in total. The van der Waals surface area contributed by atoms with Crippen LogP contribution in [0.2, 0.25) is 0 Å². The van der Waals surface area contributed by atoms with Crippen LogP contribution in [0, 0.1) is 24.4 Å². The lowest BCUT2D eigenvalue weighted by molar-refractivity contribution is 0.102. The van der Waals surface area contributed by atoms with Crippen LogP contribution >= 0.6 is 0 Å². The number of halogens is 3. The second-order valence-corrected chi connectivity index (χ2v) is 4.01. The first kappa shape index (κ1) is 13.1. The summed E-state index contributed by atoms with van der Waals surface area (Å²) in [5.41, 5.74) is 0.239. The Morgan fingerprint density at radius 1 is 1.26 bits per heavy atom. The van der Waals surface area contributed by atoms with Gasteiger partial charge in [0.2, 0.25) is 0 Å². The SMILES string of the molecule is Cc1cn(C)nc1C(=O)Nc1ccc(F)c(F)c1F. The van der Waals surface area contributed by atoms with Gasteiger partial charge in [-0.05, 0) is 19.1 Å². The van der Waals surface area contributed by atoms with E-state index in [2.05, 4.69) is 10.4 Å². The fraction of sp³-hybridized carbons (Fsp3) is 0.167. The average molecular weight is 269 g/mol. The number of carbonyl (C=O) groups is 1. The molecule has 2 rings (SSSR count). The van der Waals surface area contributed by atoms with Gasteiger partial charge in [0, 0.05) is 18.8 Å². The van der Waals surface area contributed by atoms with Crippen molar-refractivity contribution in [1.82, 2.24) is 9.78 Å². The fourth-order valence-corrected chi connectivity index (χ4v) is 1.64. The van der Waals surface area contributed by atoms with Crippen LogP contribution in [0.4, 0.5) is 18.9 Å². The summed E-state index contributed by atoms with van der Waals surface area (Å²) < 4.78 is 40.6. The molecule has 0 atom stereocenters. The van der Waals surface area contributed by atoms with Gasteiger partial charge in [-0.25, -0.2) is 13.2 Å². The highest BCUT2D eigenvalue weighted by atomic mass is 19.2. The van der Waals surface area contributed by atoms with Gasteiger partial charge < -0.3 is 5.32 Å². The van der Waals surface area contributed by atoms with Crippen LogP contribution in [-0.2, 0) is 7.05 Å². The number of carbonyl (C=O) groups excluding carboxylic acids is 1. The zero-order valence-electron chi connectivity index (χ0n) is 10.2. The predicted molar refractivity (Wildman–Crippen MR) is 62.2 cm³/mol. The summed E-state index contributed by atoms with van der Waals surface area (Å²) in [5, 5.41) is 6.04. The first-order valence-electron chi connectivity index (χ1n) is 5.35. The number of nitrogens with zero attached hydrogens (tertiary/aromatic N) is 2. The fourth-order valence-electron chi connectivity index (χ4n) is 1.64. The highest BCUT2D eigenvalue weighted by Crippen LogP contribution is 2.20. The van der Waals surface area contributed by atoms with E-state index in [0.717, 1.165) is 12.1 Å². The lowest BCUT2D eigenvalue weighted by Gasteiger charge is -2.06. The van der Waals surface area contributed by atoms with Gasteiger partial charge >= 0.3 is 0 Å². The quantitative estimate of drug-likeness (QED) is 0.851. The van der Waals surface area contributed by atoms with E-state index in [1.54, 1.807) is 20.2 Å². The van der Waals surface area contributed by atoms with Crippen molar-refractivity contribution in [3.63, 3.8) is 0 Å². The van der Waals surface area contributed by atoms with E-state index in [4.69, 9.17) is 0 Å². The smallest absolute Gasteiger partial charge is 0.276 e. The minimum atomic E-state index is -1.63.